The molecule has 1 aliphatic rings. The van der Waals surface area contributed by atoms with E-state index in [9.17, 15) is 9.18 Å². The van der Waals surface area contributed by atoms with Crippen LogP contribution in [0.3, 0.4) is 0 Å². The smallest absolute Gasteiger partial charge is 0.348 e. The van der Waals surface area contributed by atoms with Gasteiger partial charge in [0.05, 0.1) is 10.7 Å². The highest BCUT2D eigenvalue weighted by atomic mass is 35.5. The summed E-state index contributed by atoms with van der Waals surface area (Å²) in [6.45, 7) is 4.00. The number of carboxylic acids is 1. The summed E-state index contributed by atoms with van der Waals surface area (Å²) in [7, 11) is 0. The first-order valence-corrected chi connectivity index (χ1v) is 5.87. The van der Waals surface area contributed by atoms with E-state index < -0.39 is 17.9 Å². The molecule has 1 N–H and O–H groups in total. The highest BCUT2D eigenvalue weighted by Gasteiger charge is 2.29. The first-order chi connectivity index (χ1) is 8.59. The lowest BCUT2D eigenvalue weighted by Gasteiger charge is -2.02. The maximum Gasteiger partial charge on any atom is 0.348 e. The zero-order valence-electron chi connectivity index (χ0n) is 9.98. The van der Waals surface area contributed by atoms with E-state index in [4.69, 9.17) is 16.7 Å². The summed E-state index contributed by atoms with van der Waals surface area (Å²) in [6.07, 6.45) is -1.01. The minimum Gasteiger partial charge on any atom is -0.478 e. The van der Waals surface area contributed by atoms with E-state index in [2.05, 4.69) is 9.99 Å². The molecule has 1 aliphatic heterocycles. The van der Waals surface area contributed by atoms with Gasteiger partial charge in [0, 0.05) is 12.0 Å². The maximum absolute atomic E-state index is 13.6. The van der Waals surface area contributed by atoms with Crippen molar-refractivity contribution < 1.29 is 19.1 Å². The van der Waals surface area contributed by atoms with Crippen molar-refractivity contribution in [1.29, 1.82) is 0 Å². The second-order valence-electron chi connectivity index (χ2n) is 3.28. The third kappa shape index (κ3) is 2.98. The van der Waals surface area contributed by atoms with Crippen molar-refractivity contribution in [3.63, 3.8) is 0 Å². The number of nitrogens with zero attached hydrogens (tertiary/aromatic N) is 1. The third-order valence-corrected chi connectivity index (χ3v) is 2.50. The molecule has 18 heavy (non-hydrogen) atoms. The van der Waals surface area contributed by atoms with Gasteiger partial charge in [-0.2, -0.15) is 0 Å². The summed E-state index contributed by atoms with van der Waals surface area (Å²) in [5.74, 6) is -1.74. The van der Waals surface area contributed by atoms with Gasteiger partial charge in [-0.25, -0.2) is 9.18 Å². The molecule has 1 atom stereocenters. The molecule has 1 unspecified atom stereocenters. The summed E-state index contributed by atoms with van der Waals surface area (Å²) in [5, 5.41) is 12.2. The molecule has 98 valence electrons. The molecule has 4 nitrogen and oxygen atoms in total. The Morgan fingerprint density at radius 3 is 2.78 bits per heavy atom. The van der Waals surface area contributed by atoms with E-state index in [0.29, 0.717) is 0 Å². The Labute approximate surface area is 109 Å². The zero-order valence-corrected chi connectivity index (χ0v) is 10.7. The van der Waals surface area contributed by atoms with Gasteiger partial charge in [0.15, 0.2) is 5.82 Å². The molecule has 0 radical (unpaired) electrons. The lowest BCUT2D eigenvalue weighted by Crippen LogP contribution is -2.20. The lowest BCUT2D eigenvalue weighted by molar-refractivity contribution is -0.148. The number of benzene rings is 1. The molecule has 0 saturated carbocycles. The standard InChI is InChI=1S/C10H7ClFNO3.C2H6/c11-6-3-1-2-5(9(6)12)7-4-8(10(14)15)16-13-7;1-2/h1-3,8H,4H2,(H,14,15);1-2H3. The lowest BCUT2D eigenvalue weighted by atomic mass is 10.0. The zero-order chi connectivity index (χ0) is 13.7. The number of halogens is 2. The monoisotopic (exact) mass is 273 g/mol. The Hall–Kier alpha value is -1.62. The van der Waals surface area contributed by atoms with Crippen molar-refractivity contribution in [3.8, 4) is 0 Å². The van der Waals surface area contributed by atoms with Gasteiger partial charge in [0.25, 0.3) is 0 Å². The molecule has 0 saturated heterocycles. The van der Waals surface area contributed by atoms with Crippen molar-refractivity contribution in [3.05, 3.63) is 34.6 Å². The van der Waals surface area contributed by atoms with Crippen LogP contribution in [0.1, 0.15) is 25.8 Å². The van der Waals surface area contributed by atoms with Crippen LogP contribution < -0.4 is 0 Å². The molecule has 1 heterocycles. The van der Waals surface area contributed by atoms with Gasteiger partial charge in [-0.15, -0.1) is 0 Å². The second kappa shape index (κ2) is 6.35. The number of hydrogen-bond donors (Lipinski definition) is 1. The maximum atomic E-state index is 13.6. The molecule has 0 amide bonds. The van der Waals surface area contributed by atoms with Crippen molar-refractivity contribution in [2.24, 2.45) is 5.16 Å². The predicted octanol–water partition coefficient (Wildman–Crippen LogP) is 3.08. The molecule has 6 heteroatoms. The average molecular weight is 274 g/mol. The highest BCUT2D eigenvalue weighted by Crippen LogP contribution is 2.23. The van der Waals surface area contributed by atoms with Gasteiger partial charge in [-0.05, 0) is 12.1 Å². The number of aliphatic carboxylic acids is 1. The number of hydrogen-bond acceptors (Lipinski definition) is 3. The summed E-state index contributed by atoms with van der Waals surface area (Å²) in [4.78, 5) is 15.3. The van der Waals surface area contributed by atoms with Crippen LogP contribution in [0.5, 0.6) is 0 Å². The van der Waals surface area contributed by atoms with E-state index in [1.165, 1.54) is 12.1 Å². The van der Waals surface area contributed by atoms with Crippen LogP contribution in [0.4, 0.5) is 4.39 Å². The van der Waals surface area contributed by atoms with E-state index in [-0.39, 0.29) is 22.7 Å². The molecule has 0 aliphatic carbocycles. The summed E-state index contributed by atoms with van der Waals surface area (Å²) >= 11 is 5.60. The minimum absolute atomic E-state index is 0.0287. The van der Waals surface area contributed by atoms with Crippen LogP contribution in [-0.4, -0.2) is 22.9 Å². The van der Waals surface area contributed by atoms with Crippen molar-refractivity contribution in [2.45, 2.75) is 26.4 Å². The molecule has 0 bridgehead atoms. The van der Waals surface area contributed by atoms with Gasteiger partial charge in [0.1, 0.15) is 0 Å². The Kier molecular flexibility index (Phi) is 5.09. The normalized spacial score (nSPS) is 17.3. The molecule has 1 aromatic carbocycles. The quantitative estimate of drug-likeness (QED) is 0.901. The van der Waals surface area contributed by atoms with Gasteiger partial charge in [-0.3, -0.25) is 0 Å². The SMILES string of the molecule is CC.O=C(O)C1CC(c2cccc(Cl)c2F)=NO1. The van der Waals surface area contributed by atoms with Gasteiger partial charge < -0.3 is 9.94 Å². The first-order valence-electron chi connectivity index (χ1n) is 5.49. The molecule has 0 aromatic heterocycles. The minimum atomic E-state index is -1.12. The van der Waals surface area contributed by atoms with Crippen molar-refractivity contribution in [1.82, 2.24) is 0 Å². The van der Waals surface area contributed by atoms with E-state index in [0.717, 1.165) is 0 Å². The fourth-order valence-corrected chi connectivity index (χ4v) is 1.57. The Bertz CT molecular complexity index is 476. The Morgan fingerprint density at radius 1 is 1.56 bits per heavy atom. The van der Waals surface area contributed by atoms with Gasteiger partial charge >= 0.3 is 5.97 Å². The van der Waals surface area contributed by atoms with Crippen molar-refractivity contribution in [2.75, 3.05) is 0 Å². The topological polar surface area (TPSA) is 58.9 Å². The van der Waals surface area contributed by atoms with Crippen molar-refractivity contribution >= 4 is 23.3 Å². The number of oxime groups is 1. The van der Waals surface area contributed by atoms with Crippen LogP contribution >= 0.6 is 11.6 Å². The third-order valence-electron chi connectivity index (χ3n) is 2.21. The first kappa shape index (κ1) is 14.4. The fraction of sp³-hybridized carbons (Fsp3) is 0.333. The van der Waals surface area contributed by atoms with E-state index in [1.54, 1.807) is 6.07 Å². The van der Waals surface area contributed by atoms with Crippen LogP contribution in [0.15, 0.2) is 23.4 Å². The number of carboxylic acid groups (broad SMARTS) is 1. The van der Waals surface area contributed by atoms with Crippen LogP contribution in [0.2, 0.25) is 5.02 Å². The molecule has 1 aromatic rings. The highest BCUT2D eigenvalue weighted by molar-refractivity contribution is 6.31. The van der Waals surface area contributed by atoms with Crippen LogP contribution in [0, 0.1) is 5.82 Å². The Balaban J connectivity index is 0.000000771. The number of rotatable bonds is 2. The van der Waals surface area contributed by atoms with Gasteiger partial charge in [0.2, 0.25) is 6.10 Å². The van der Waals surface area contributed by atoms with Crippen LogP contribution in [-0.2, 0) is 9.63 Å². The fourth-order valence-electron chi connectivity index (χ4n) is 1.40. The Morgan fingerprint density at radius 2 is 2.22 bits per heavy atom. The average Bonchev–Trinajstić information content (AvgIpc) is 2.85. The number of carbonyl (C=O) groups is 1. The van der Waals surface area contributed by atoms with Gasteiger partial charge in [-0.1, -0.05) is 36.7 Å². The molecule has 0 fully saturated rings. The molecule has 0 spiro atoms. The molecular weight excluding hydrogens is 261 g/mol. The van der Waals surface area contributed by atoms with Crippen LogP contribution in [0.25, 0.3) is 0 Å². The van der Waals surface area contributed by atoms with E-state index in [1.807, 2.05) is 13.8 Å². The molecule has 2 rings (SSSR count). The molecular formula is C12H13ClFNO3. The predicted molar refractivity (Wildman–Crippen MR) is 66.4 cm³/mol. The van der Waals surface area contributed by atoms with E-state index >= 15 is 0 Å². The summed E-state index contributed by atoms with van der Waals surface area (Å²) < 4.78 is 13.6. The summed E-state index contributed by atoms with van der Waals surface area (Å²) in [6, 6.07) is 4.45. The summed E-state index contributed by atoms with van der Waals surface area (Å²) in [5.41, 5.74) is 0.434. The second-order valence-corrected chi connectivity index (χ2v) is 3.68. The largest absolute Gasteiger partial charge is 0.478 e.